The SMILES string of the molecule is NNC(C1=CCCO1)c1c(F)cc(F)cc1F. The molecule has 2 rings (SSSR count). The zero-order valence-corrected chi connectivity index (χ0v) is 8.84. The number of hydrogen-bond donors (Lipinski definition) is 2. The van der Waals surface area contributed by atoms with Crippen LogP contribution < -0.4 is 11.3 Å². The second-order valence-corrected chi connectivity index (χ2v) is 3.63. The molecule has 6 heteroatoms. The maximum absolute atomic E-state index is 13.5. The highest BCUT2D eigenvalue weighted by Gasteiger charge is 2.26. The largest absolute Gasteiger partial charge is 0.496 e. The first-order valence-electron chi connectivity index (χ1n) is 5.07. The molecule has 3 nitrogen and oxygen atoms in total. The van der Waals surface area contributed by atoms with Gasteiger partial charge in [0.2, 0.25) is 0 Å². The molecule has 92 valence electrons. The van der Waals surface area contributed by atoms with Crippen LogP contribution in [0.2, 0.25) is 0 Å². The highest BCUT2D eigenvalue weighted by molar-refractivity contribution is 5.30. The average Bonchev–Trinajstić information content (AvgIpc) is 2.76. The van der Waals surface area contributed by atoms with Gasteiger partial charge in [-0.25, -0.2) is 18.6 Å². The molecule has 0 aromatic heterocycles. The molecule has 1 unspecified atom stereocenters. The number of halogens is 3. The van der Waals surface area contributed by atoms with Gasteiger partial charge in [0.15, 0.2) is 0 Å². The maximum atomic E-state index is 13.5. The Hall–Kier alpha value is -1.53. The first-order chi connectivity index (χ1) is 8.13. The third-order valence-electron chi connectivity index (χ3n) is 2.52. The van der Waals surface area contributed by atoms with E-state index >= 15 is 0 Å². The quantitative estimate of drug-likeness (QED) is 0.630. The number of nitrogens with two attached hydrogens (primary N) is 1. The summed E-state index contributed by atoms with van der Waals surface area (Å²) < 4.78 is 45.1. The summed E-state index contributed by atoms with van der Waals surface area (Å²) in [5.74, 6) is 2.64. The number of hydrogen-bond acceptors (Lipinski definition) is 3. The van der Waals surface area contributed by atoms with Crippen molar-refractivity contribution in [1.82, 2.24) is 5.43 Å². The van der Waals surface area contributed by atoms with Gasteiger partial charge in [0.25, 0.3) is 0 Å². The lowest BCUT2D eigenvalue weighted by molar-refractivity contribution is 0.213. The highest BCUT2D eigenvalue weighted by Crippen LogP contribution is 2.30. The Morgan fingerprint density at radius 3 is 2.35 bits per heavy atom. The van der Waals surface area contributed by atoms with Gasteiger partial charge < -0.3 is 4.74 Å². The van der Waals surface area contributed by atoms with Crippen molar-refractivity contribution in [1.29, 1.82) is 0 Å². The van der Waals surface area contributed by atoms with Crippen molar-refractivity contribution in [3.8, 4) is 0 Å². The van der Waals surface area contributed by atoms with Crippen LogP contribution in [0.15, 0.2) is 24.0 Å². The minimum Gasteiger partial charge on any atom is -0.496 e. The number of benzene rings is 1. The minimum atomic E-state index is -0.998. The van der Waals surface area contributed by atoms with Gasteiger partial charge >= 0.3 is 0 Å². The molecule has 1 atom stereocenters. The van der Waals surface area contributed by atoms with Gasteiger partial charge in [-0.15, -0.1) is 0 Å². The molecule has 1 aromatic carbocycles. The Morgan fingerprint density at radius 1 is 1.24 bits per heavy atom. The third-order valence-corrected chi connectivity index (χ3v) is 2.52. The Bertz CT molecular complexity index is 439. The van der Waals surface area contributed by atoms with Gasteiger partial charge in [-0.3, -0.25) is 5.84 Å². The molecule has 0 spiro atoms. The fourth-order valence-electron chi connectivity index (χ4n) is 1.77. The van der Waals surface area contributed by atoms with E-state index in [-0.39, 0.29) is 5.56 Å². The normalized spacial score (nSPS) is 16.6. The molecule has 3 N–H and O–H groups in total. The van der Waals surface area contributed by atoms with Crippen molar-refractivity contribution in [3.05, 3.63) is 47.0 Å². The average molecular weight is 244 g/mol. The molecule has 0 saturated heterocycles. The standard InChI is InChI=1S/C11H11F3N2O/c12-6-4-7(13)10(8(14)5-6)11(16-15)9-2-1-3-17-9/h2,4-5,11,16H,1,3,15H2. The van der Waals surface area contributed by atoms with E-state index in [0.717, 1.165) is 0 Å². The molecule has 0 amide bonds. The zero-order valence-electron chi connectivity index (χ0n) is 8.84. The predicted octanol–water partition coefficient (Wildman–Crippen LogP) is 1.91. The van der Waals surface area contributed by atoms with Crippen molar-refractivity contribution in [2.75, 3.05) is 6.61 Å². The Morgan fingerprint density at radius 2 is 1.88 bits per heavy atom. The summed E-state index contributed by atoms with van der Waals surface area (Å²) in [5, 5.41) is 0. The smallest absolute Gasteiger partial charge is 0.134 e. The fraction of sp³-hybridized carbons (Fsp3) is 0.273. The summed E-state index contributed by atoms with van der Waals surface area (Å²) in [4.78, 5) is 0. The van der Waals surface area contributed by atoms with Crippen molar-refractivity contribution >= 4 is 0 Å². The van der Waals surface area contributed by atoms with Crippen LogP contribution in [0.3, 0.4) is 0 Å². The summed E-state index contributed by atoms with van der Waals surface area (Å²) >= 11 is 0. The van der Waals surface area contributed by atoms with E-state index in [0.29, 0.717) is 30.9 Å². The van der Waals surface area contributed by atoms with Gasteiger partial charge in [0.05, 0.1) is 6.61 Å². The Balaban J connectivity index is 2.43. The number of ether oxygens (including phenoxy) is 1. The topological polar surface area (TPSA) is 47.3 Å². The van der Waals surface area contributed by atoms with E-state index in [2.05, 4.69) is 5.43 Å². The molecule has 1 aromatic rings. The Kier molecular flexibility index (Phi) is 3.35. The summed E-state index contributed by atoms with van der Waals surface area (Å²) in [6.45, 7) is 0.442. The first-order valence-corrected chi connectivity index (χ1v) is 5.07. The van der Waals surface area contributed by atoms with Gasteiger partial charge in [-0.1, -0.05) is 0 Å². The summed E-state index contributed by atoms with van der Waals surface area (Å²) in [6, 6.07) is 0.273. The molecule has 0 bridgehead atoms. The van der Waals surface area contributed by atoms with Crippen LogP contribution in [0.25, 0.3) is 0 Å². The van der Waals surface area contributed by atoms with Crippen LogP contribution in [-0.2, 0) is 4.74 Å². The molecule has 0 radical (unpaired) electrons. The second-order valence-electron chi connectivity index (χ2n) is 3.63. The molecule has 1 heterocycles. The second kappa shape index (κ2) is 4.77. The van der Waals surface area contributed by atoms with Crippen LogP contribution in [0.5, 0.6) is 0 Å². The molecule has 0 fully saturated rings. The van der Waals surface area contributed by atoms with E-state index in [4.69, 9.17) is 10.6 Å². The van der Waals surface area contributed by atoms with E-state index in [1.54, 1.807) is 6.08 Å². The third kappa shape index (κ3) is 2.27. The van der Waals surface area contributed by atoms with E-state index < -0.39 is 23.5 Å². The molecule has 1 aliphatic rings. The maximum Gasteiger partial charge on any atom is 0.134 e. The molecule has 1 aliphatic heterocycles. The van der Waals surface area contributed by atoms with Gasteiger partial charge in [0, 0.05) is 24.1 Å². The van der Waals surface area contributed by atoms with Crippen molar-refractivity contribution in [3.63, 3.8) is 0 Å². The van der Waals surface area contributed by atoms with Gasteiger partial charge in [0.1, 0.15) is 29.3 Å². The number of hydrazine groups is 1. The number of nitrogens with one attached hydrogen (secondary N) is 1. The first kappa shape index (κ1) is 11.9. The van der Waals surface area contributed by atoms with Gasteiger partial charge in [-0.05, 0) is 6.08 Å². The van der Waals surface area contributed by atoms with Crippen LogP contribution >= 0.6 is 0 Å². The molecule has 0 saturated carbocycles. The molecule has 0 aliphatic carbocycles. The Labute approximate surface area is 96.0 Å². The lowest BCUT2D eigenvalue weighted by Gasteiger charge is -2.18. The zero-order chi connectivity index (χ0) is 12.4. The van der Waals surface area contributed by atoms with Crippen LogP contribution in [0.1, 0.15) is 18.0 Å². The number of rotatable bonds is 3. The fourth-order valence-corrected chi connectivity index (χ4v) is 1.77. The predicted molar refractivity (Wildman–Crippen MR) is 55.0 cm³/mol. The summed E-state index contributed by atoms with van der Waals surface area (Å²) in [6.07, 6.45) is 2.34. The molecular weight excluding hydrogens is 233 g/mol. The summed E-state index contributed by atoms with van der Waals surface area (Å²) in [5.41, 5.74) is 1.92. The van der Waals surface area contributed by atoms with Gasteiger partial charge in [-0.2, -0.15) is 0 Å². The van der Waals surface area contributed by atoms with E-state index in [1.165, 1.54) is 0 Å². The van der Waals surface area contributed by atoms with E-state index in [1.807, 2.05) is 0 Å². The highest BCUT2D eigenvalue weighted by atomic mass is 19.1. The summed E-state index contributed by atoms with van der Waals surface area (Å²) in [7, 11) is 0. The monoisotopic (exact) mass is 244 g/mol. The van der Waals surface area contributed by atoms with Crippen LogP contribution in [0, 0.1) is 17.5 Å². The van der Waals surface area contributed by atoms with Crippen LogP contribution in [-0.4, -0.2) is 6.61 Å². The van der Waals surface area contributed by atoms with Crippen molar-refractivity contribution < 1.29 is 17.9 Å². The lowest BCUT2D eigenvalue weighted by Crippen LogP contribution is -2.31. The lowest BCUT2D eigenvalue weighted by atomic mass is 10.0. The molecule has 17 heavy (non-hydrogen) atoms. The van der Waals surface area contributed by atoms with Crippen molar-refractivity contribution in [2.45, 2.75) is 12.5 Å². The molecular formula is C11H11F3N2O. The van der Waals surface area contributed by atoms with E-state index in [9.17, 15) is 13.2 Å². The van der Waals surface area contributed by atoms with Crippen molar-refractivity contribution in [2.24, 2.45) is 5.84 Å². The minimum absolute atomic E-state index is 0.344. The van der Waals surface area contributed by atoms with Crippen LogP contribution in [0.4, 0.5) is 13.2 Å².